The smallest absolute Gasteiger partial charge is 0.138 e. The first-order valence-corrected chi connectivity index (χ1v) is 7.62. The molecule has 0 spiro atoms. The zero-order chi connectivity index (χ0) is 15.4. The summed E-state index contributed by atoms with van der Waals surface area (Å²) in [4.78, 5) is 0. The molecule has 0 aliphatic heterocycles. The molecule has 114 valence electrons. The van der Waals surface area contributed by atoms with Crippen LogP contribution >= 0.6 is 11.6 Å². The van der Waals surface area contributed by atoms with E-state index >= 15 is 0 Å². The van der Waals surface area contributed by atoms with Gasteiger partial charge in [-0.25, -0.2) is 0 Å². The molecule has 4 nitrogen and oxygen atoms in total. The van der Waals surface area contributed by atoms with Crippen LogP contribution < -0.4 is 10.1 Å². The Hall–Kier alpha value is -1.68. The van der Waals surface area contributed by atoms with Gasteiger partial charge in [-0.15, -0.1) is 0 Å². The molecular formula is C16H22ClN3O. The first kappa shape index (κ1) is 15.7. The van der Waals surface area contributed by atoms with Crippen LogP contribution in [0.1, 0.15) is 39.3 Å². The lowest BCUT2D eigenvalue weighted by molar-refractivity contribution is 0.242. The minimum absolute atomic E-state index is 0.111. The molecular weight excluding hydrogens is 286 g/mol. The second-order valence-corrected chi connectivity index (χ2v) is 5.71. The fourth-order valence-corrected chi connectivity index (χ4v) is 2.27. The highest BCUT2D eigenvalue weighted by Gasteiger charge is 2.10. The molecule has 1 N–H and O–H groups in total. The van der Waals surface area contributed by atoms with Crippen LogP contribution in [0.15, 0.2) is 30.6 Å². The standard InChI is InChI=1S/C16H22ClN3O/c1-5-20-10-13(9-18-20)12(4)19-14-6-7-16(15(17)8-14)21-11(2)3/h6-12,19H,5H2,1-4H3. The van der Waals surface area contributed by atoms with Crippen molar-refractivity contribution in [1.82, 2.24) is 9.78 Å². The molecule has 2 aromatic rings. The molecule has 1 aromatic carbocycles. The highest BCUT2D eigenvalue weighted by molar-refractivity contribution is 6.32. The summed E-state index contributed by atoms with van der Waals surface area (Å²) < 4.78 is 7.55. The average Bonchev–Trinajstić information content (AvgIpc) is 2.90. The third kappa shape index (κ3) is 4.14. The Morgan fingerprint density at radius 2 is 2.10 bits per heavy atom. The molecule has 1 atom stereocenters. The summed E-state index contributed by atoms with van der Waals surface area (Å²) in [5.41, 5.74) is 2.11. The Balaban J connectivity index is 2.07. The predicted molar refractivity (Wildman–Crippen MR) is 87.2 cm³/mol. The lowest BCUT2D eigenvalue weighted by atomic mass is 10.2. The Kier molecular flexibility index (Phi) is 5.12. The van der Waals surface area contributed by atoms with Crippen molar-refractivity contribution in [1.29, 1.82) is 0 Å². The second kappa shape index (κ2) is 6.85. The maximum atomic E-state index is 6.25. The monoisotopic (exact) mass is 307 g/mol. The van der Waals surface area contributed by atoms with Crippen LogP contribution in [0.5, 0.6) is 5.75 Å². The molecule has 0 radical (unpaired) electrons. The molecule has 2 rings (SSSR count). The molecule has 21 heavy (non-hydrogen) atoms. The maximum Gasteiger partial charge on any atom is 0.138 e. The summed E-state index contributed by atoms with van der Waals surface area (Å²) >= 11 is 6.25. The van der Waals surface area contributed by atoms with Gasteiger partial charge in [0.25, 0.3) is 0 Å². The van der Waals surface area contributed by atoms with E-state index in [0.29, 0.717) is 10.8 Å². The highest BCUT2D eigenvalue weighted by atomic mass is 35.5. The number of anilines is 1. The first-order chi connectivity index (χ1) is 9.99. The summed E-state index contributed by atoms with van der Waals surface area (Å²) in [6.07, 6.45) is 4.05. The van der Waals surface area contributed by atoms with Crippen molar-refractivity contribution >= 4 is 17.3 Å². The lowest BCUT2D eigenvalue weighted by Gasteiger charge is -2.16. The van der Waals surface area contributed by atoms with Gasteiger partial charge in [0.1, 0.15) is 5.75 Å². The van der Waals surface area contributed by atoms with Crippen LogP contribution in [-0.2, 0) is 6.54 Å². The fraction of sp³-hybridized carbons (Fsp3) is 0.438. The normalized spacial score (nSPS) is 12.5. The molecule has 0 bridgehead atoms. The SMILES string of the molecule is CCn1cc(C(C)Nc2ccc(OC(C)C)c(Cl)c2)cn1. The Morgan fingerprint density at radius 3 is 2.67 bits per heavy atom. The van der Waals surface area contributed by atoms with E-state index in [9.17, 15) is 0 Å². The quantitative estimate of drug-likeness (QED) is 0.853. The number of nitrogens with one attached hydrogen (secondary N) is 1. The number of aromatic nitrogens is 2. The van der Waals surface area contributed by atoms with Crippen molar-refractivity contribution in [3.05, 3.63) is 41.2 Å². The molecule has 1 heterocycles. The van der Waals surface area contributed by atoms with Gasteiger partial charge in [-0.1, -0.05) is 11.6 Å². The third-order valence-corrected chi connectivity index (χ3v) is 3.45. The average molecular weight is 308 g/mol. The molecule has 0 amide bonds. The van der Waals surface area contributed by atoms with Gasteiger partial charge < -0.3 is 10.1 Å². The van der Waals surface area contributed by atoms with Gasteiger partial charge in [0.05, 0.1) is 23.4 Å². The van der Waals surface area contributed by atoms with Crippen molar-refractivity contribution in [2.24, 2.45) is 0 Å². The molecule has 0 saturated heterocycles. The van der Waals surface area contributed by atoms with E-state index in [2.05, 4.69) is 30.5 Å². The molecule has 1 aromatic heterocycles. The number of nitrogens with zero attached hydrogens (tertiary/aromatic N) is 2. The molecule has 5 heteroatoms. The van der Waals surface area contributed by atoms with Gasteiger partial charge in [-0.3, -0.25) is 4.68 Å². The van der Waals surface area contributed by atoms with Gasteiger partial charge in [-0.2, -0.15) is 5.10 Å². The van der Waals surface area contributed by atoms with E-state index < -0.39 is 0 Å². The summed E-state index contributed by atoms with van der Waals surface area (Å²) in [7, 11) is 0. The minimum Gasteiger partial charge on any atom is -0.489 e. The van der Waals surface area contributed by atoms with Gasteiger partial charge in [0.15, 0.2) is 0 Å². The number of aryl methyl sites for hydroxylation is 1. The predicted octanol–water partition coefficient (Wildman–Crippen LogP) is 4.52. The zero-order valence-corrected chi connectivity index (χ0v) is 13.7. The Bertz CT molecular complexity index is 595. The van der Waals surface area contributed by atoms with Gasteiger partial charge in [0, 0.05) is 24.0 Å². The van der Waals surface area contributed by atoms with Gasteiger partial charge >= 0.3 is 0 Å². The molecule has 0 aliphatic carbocycles. The Morgan fingerprint density at radius 1 is 1.33 bits per heavy atom. The van der Waals surface area contributed by atoms with Crippen molar-refractivity contribution in [2.75, 3.05) is 5.32 Å². The van der Waals surface area contributed by atoms with E-state index in [1.807, 2.05) is 42.9 Å². The van der Waals surface area contributed by atoms with Crippen LogP contribution in [0.25, 0.3) is 0 Å². The molecule has 0 fully saturated rings. The zero-order valence-electron chi connectivity index (χ0n) is 12.9. The topological polar surface area (TPSA) is 39.1 Å². The highest BCUT2D eigenvalue weighted by Crippen LogP contribution is 2.30. The van der Waals surface area contributed by atoms with E-state index in [4.69, 9.17) is 16.3 Å². The summed E-state index contributed by atoms with van der Waals surface area (Å²) in [5.74, 6) is 0.712. The third-order valence-electron chi connectivity index (χ3n) is 3.15. The van der Waals surface area contributed by atoms with Crippen molar-refractivity contribution in [3.8, 4) is 5.75 Å². The second-order valence-electron chi connectivity index (χ2n) is 5.31. The molecule has 0 aliphatic rings. The Labute approximate surface area is 131 Å². The lowest BCUT2D eigenvalue weighted by Crippen LogP contribution is -2.08. The number of hydrogen-bond donors (Lipinski definition) is 1. The van der Waals surface area contributed by atoms with E-state index in [0.717, 1.165) is 17.8 Å². The van der Waals surface area contributed by atoms with Crippen molar-refractivity contribution in [3.63, 3.8) is 0 Å². The van der Waals surface area contributed by atoms with Crippen molar-refractivity contribution in [2.45, 2.75) is 46.4 Å². The van der Waals surface area contributed by atoms with Crippen LogP contribution in [0.2, 0.25) is 5.02 Å². The molecule has 0 saturated carbocycles. The van der Waals surface area contributed by atoms with Gasteiger partial charge in [-0.05, 0) is 45.9 Å². The fourth-order valence-electron chi connectivity index (χ4n) is 2.05. The maximum absolute atomic E-state index is 6.25. The molecule has 1 unspecified atom stereocenters. The van der Waals surface area contributed by atoms with Crippen LogP contribution in [0.4, 0.5) is 5.69 Å². The van der Waals surface area contributed by atoms with Crippen molar-refractivity contribution < 1.29 is 4.74 Å². The summed E-state index contributed by atoms with van der Waals surface area (Å²) in [5, 5.41) is 8.33. The number of halogens is 1. The summed E-state index contributed by atoms with van der Waals surface area (Å²) in [6, 6.07) is 5.93. The minimum atomic E-state index is 0.111. The van der Waals surface area contributed by atoms with E-state index in [1.165, 1.54) is 0 Å². The number of ether oxygens (including phenoxy) is 1. The number of rotatable bonds is 6. The van der Waals surface area contributed by atoms with E-state index in [1.54, 1.807) is 0 Å². The number of hydrogen-bond acceptors (Lipinski definition) is 3. The van der Waals surface area contributed by atoms with Crippen LogP contribution in [0, 0.1) is 0 Å². The number of benzene rings is 1. The summed E-state index contributed by atoms with van der Waals surface area (Å²) in [6.45, 7) is 9.01. The first-order valence-electron chi connectivity index (χ1n) is 7.24. The van der Waals surface area contributed by atoms with Gasteiger partial charge in [0.2, 0.25) is 0 Å². The van der Waals surface area contributed by atoms with Crippen LogP contribution in [-0.4, -0.2) is 15.9 Å². The van der Waals surface area contributed by atoms with E-state index in [-0.39, 0.29) is 12.1 Å². The van der Waals surface area contributed by atoms with Crippen LogP contribution in [0.3, 0.4) is 0 Å². The largest absolute Gasteiger partial charge is 0.489 e.